The van der Waals surface area contributed by atoms with Crippen LogP contribution >= 0.6 is 11.6 Å². The molecule has 21 heavy (non-hydrogen) atoms. The van der Waals surface area contributed by atoms with Crippen LogP contribution in [0.3, 0.4) is 0 Å². The number of benzene rings is 1. The van der Waals surface area contributed by atoms with E-state index in [-0.39, 0.29) is 16.3 Å². The summed E-state index contributed by atoms with van der Waals surface area (Å²) < 4.78 is 0. The first kappa shape index (κ1) is 16.3. The second-order valence-electron chi connectivity index (χ2n) is 3.97. The Bertz CT molecular complexity index is 626. The molecule has 0 saturated carbocycles. The molecule has 0 unspecified atom stereocenters. The third-order valence-electron chi connectivity index (χ3n) is 2.36. The molecule has 0 aliphatic rings. The van der Waals surface area contributed by atoms with Crippen molar-refractivity contribution in [2.24, 2.45) is 5.73 Å². The minimum absolute atomic E-state index is 0.141. The zero-order valence-corrected chi connectivity index (χ0v) is 11.3. The van der Waals surface area contributed by atoms with Gasteiger partial charge in [-0.25, -0.2) is 9.59 Å². The fraction of sp³-hybridized carbons (Fsp3) is 0.167. The van der Waals surface area contributed by atoms with Crippen molar-refractivity contribution in [3.05, 3.63) is 28.8 Å². The summed E-state index contributed by atoms with van der Waals surface area (Å²) in [5, 5.41) is 22.1. The van der Waals surface area contributed by atoms with Crippen LogP contribution in [0, 0.1) is 11.3 Å². The number of urea groups is 1. The van der Waals surface area contributed by atoms with Gasteiger partial charge in [-0.2, -0.15) is 5.26 Å². The van der Waals surface area contributed by atoms with E-state index in [1.165, 1.54) is 18.2 Å². The van der Waals surface area contributed by atoms with Crippen molar-refractivity contribution in [3.8, 4) is 6.07 Å². The zero-order chi connectivity index (χ0) is 16.0. The Balaban J connectivity index is 2.72. The van der Waals surface area contributed by atoms with Gasteiger partial charge in [0.15, 0.2) is 0 Å². The number of nitrogens with one attached hydrogen (secondary N) is 2. The molecule has 1 rings (SSSR count). The summed E-state index contributed by atoms with van der Waals surface area (Å²) in [7, 11) is 0. The molecule has 5 N–H and O–H groups in total. The Kier molecular flexibility index (Phi) is 5.51. The predicted molar refractivity (Wildman–Crippen MR) is 73.6 cm³/mol. The first-order valence-electron chi connectivity index (χ1n) is 5.61. The second kappa shape index (κ2) is 7.12. The van der Waals surface area contributed by atoms with E-state index >= 15 is 0 Å². The maximum Gasteiger partial charge on any atom is 0.326 e. The molecule has 1 aromatic carbocycles. The molecular formula is C12H11ClN4O4. The van der Waals surface area contributed by atoms with Gasteiger partial charge in [0, 0.05) is 5.69 Å². The van der Waals surface area contributed by atoms with E-state index in [2.05, 4.69) is 10.6 Å². The molecule has 0 aliphatic heterocycles. The fourth-order valence-corrected chi connectivity index (χ4v) is 1.63. The topological polar surface area (TPSA) is 145 Å². The van der Waals surface area contributed by atoms with Gasteiger partial charge in [0.05, 0.1) is 17.0 Å². The highest BCUT2D eigenvalue weighted by Gasteiger charge is 2.22. The van der Waals surface area contributed by atoms with Gasteiger partial charge < -0.3 is 21.5 Å². The summed E-state index contributed by atoms with van der Waals surface area (Å²) in [5.41, 5.74) is 5.39. The molecule has 9 heteroatoms. The number of aliphatic carboxylic acids is 1. The van der Waals surface area contributed by atoms with Gasteiger partial charge in [0.1, 0.15) is 12.1 Å². The number of nitriles is 1. The van der Waals surface area contributed by atoms with Gasteiger partial charge in [-0.05, 0) is 18.2 Å². The van der Waals surface area contributed by atoms with E-state index in [0.29, 0.717) is 0 Å². The number of hydrogen-bond donors (Lipinski definition) is 4. The number of carboxylic acid groups (broad SMARTS) is 1. The first-order valence-corrected chi connectivity index (χ1v) is 5.99. The van der Waals surface area contributed by atoms with Crippen molar-refractivity contribution >= 4 is 35.2 Å². The van der Waals surface area contributed by atoms with Crippen molar-refractivity contribution in [2.75, 3.05) is 5.32 Å². The van der Waals surface area contributed by atoms with Crippen molar-refractivity contribution in [2.45, 2.75) is 12.5 Å². The summed E-state index contributed by atoms with van der Waals surface area (Å²) in [6.07, 6.45) is -0.531. The van der Waals surface area contributed by atoms with Crippen LogP contribution in [0.15, 0.2) is 18.2 Å². The number of halogens is 1. The van der Waals surface area contributed by atoms with E-state index in [1.54, 1.807) is 0 Å². The third kappa shape index (κ3) is 5.00. The van der Waals surface area contributed by atoms with Gasteiger partial charge in [-0.3, -0.25) is 4.79 Å². The van der Waals surface area contributed by atoms with Gasteiger partial charge in [-0.15, -0.1) is 0 Å². The van der Waals surface area contributed by atoms with Gasteiger partial charge >= 0.3 is 12.0 Å². The maximum absolute atomic E-state index is 11.6. The number of amides is 3. The molecule has 0 aromatic heterocycles. The van der Waals surface area contributed by atoms with Crippen LogP contribution in [-0.2, 0) is 9.59 Å². The minimum Gasteiger partial charge on any atom is -0.480 e. The number of rotatable bonds is 5. The standard InChI is InChI=1S/C12H11ClN4O4/c13-8-3-7(2-1-6(8)5-14)16-12(21)17-9(11(19)20)4-10(15)18/h1-3,9H,4H2,(H2,15,18)(H,19,20)(H2,16,17,21)/t9-/m1/s1. The Labute approximate surface area is 124 Å². The molecule has 3 amide bonds. The van der Waals surface area contributed by atoms with E-state index in [9.17, 15) is 14.4 Å². The molecule has 0 radical (unpaired) electrons. The van der Waals surface area contributed by atoms with Gasteiger partial charge in [-0.1, -0.05) is 11.6 Å². The summed E-state index contributed by atoms with van der Waals surface area (Å²) >= 11 is 5.79. The SMILES string of the molecule is N#Cc1ccc(NC(=O)N[C@H](CC(N)=O)C(=O)O)cc1Cl. The molecule has 8 nitrogen and oxygen atoms in total. The Morgan fingerprint density at radius 3 is 2.57 bits per heavy atom. The maximum atomic E-state index is 11.6. The lowest BCUT2D eigenvalue weighted by Gasteiger charge is -2.13. The number of anilines is 1. The van der Waals surface area contributed by atoms with Crippen LogP contribution in [0.4, 0.5) is 10.5 Å². The number of primary amides is 1. The molecular weight excluding hydrogens is 300 g/mol. The van der Waals surface area contributed by atoms with E-state index in [0.717, 1.165) is 0 Å². The lowest BCUT2D eigenvalue weighted by molar-refractivity contribution is -0.140. The van der Waals surface area contributed by atoms with E-state index in [4.69, 9.17) is 27.7 Å². The first-order chi connectivity index (χ1) is 9.83. The largest absolute Gasteiger partial charge is 0.480 e. The highest BCUT2D eigenvalue weighted by molar-refractivity contribution is 6.32. The van der Waals surface area contributed by atoms with Gasteiger partial charge in [0.2, 0.25) is 5.91 Å². The summed E-state index contributed by atoms with van der Waals surface area (Å²) in [4.78, 5) is 33.2. The summed E-state index contributed by atoms with van der Waals surface area (Å²) in [6.45, 7) is 0. The summed E-state index contributed by atoms with van der Waals surface area (Å²) in [6, 6.07) is 3.74. The lowest BCUT2D eigenvalue weighted by Crippen LogP contribution is -2.45. The quantitative estimate of drug-likeness (QED) is 0.631. The summed E-state index contributed by atoms with van der Waals surface area (Å²) in [5.74, 6) is -2.24. The number of carbonyl (C=O) groups excluding carboxylic acids is 2. The molecule has 0 heterocycles. The van der Waals surface area contributed by atoms with Crippen molar-refractivity contribution in [3.63, 3.8) is 0 Å². The monoisotopic (exact) mass is 310 g/mol. The number of nitrogens with two attached hydrogens (primary N) is 1. The molecule has 1 atom stereocenters. The fourth-order valence-electron chi connectivity index (χ4n) is 1.41. The minimum atomic E-state index is -1.43. The van der Waals surface area contributed by atoms with Crippen molar-refractivity contribution in [1.29, 1.82) is 5.26 Å². The van der Waals surface area contributed by atoms with Crippen LogP contribution in [-0.4, -0.2) is 29.1 Å². The van der Waals surface area contributed by atoms with Gasteiger partial charge in [0.25, 0.3) is 0 Å². The van der Waals surface area contributed by atoms with Crippen LogP contribution < -0.4 is 16.4 Å². The highest BCUT2D eigenvalue weighted by atomic mass is 35.5. The average Bonchev–Trinajstić information content (AvgIpc) is 2.37. The molecule has 0 bridgehead atoms. The predicted octanol–water partition coefficient (Wildman–Crippen LogP) is 0.662. The second-order valence-corrected chi connectivity index (χ2v) is 4.37. The molecule has 0 saturated heterocycles. The third-order valence-corrected chi connectivity index (χ3v) is 2.67. The Morgan fingerprint density at radius 2 is 2.10 bits per heavy atom. The normalized spacial score (nSPS) is 11.0. The number of nitrogens with zero attached hydrogens (tertiary/aromatic N) is 1. The van der Waals surface area contributed by atoms with Crippen LogP contribution in [0.2, 0.25) is 5.02 Å². The van der Waals surface area contributed by atoms with Crippen LogP contribution in [0.5, 0.6) is 0 Å². The lowest BCUT2D eigenvalue weighted by atomic mass is 10.2. The zero-order valence-electron chi connectivity index (χ0n) is 10.6. The van der Waals surface area contributed by atoms with Crippen molar-refractivity contribution in [1.82, 2.24) is 5.32 Å². The Hall–Kier alpha value is -2.79. The number of carboxylic acids is 1. The molecule has 110 valence electrons. The molecule has 0 fully saturated rings. The number of carbonyl (C=O) groups is 3. The number of hydrogen-bond acceptors (Lipinski definition) is 4. The molecule has 0 aliphatic carbocycles. The molecule has 1 aromatic rings. The Morgan fingerprint density at radius 1 is 1.43 bits per heavy atom. The molecule has 0 spiro atoms. The average molecular weight is 311 g/mol. The smallest absolute Gasteiger partial charge is 0.326 e. The van der Waals surface area contributed by atoms with Crippen LogP contribution in [0.1, 0.15) is 12.0 Å². The van der Waals surface area contributed by atoms with Crippen LogP contribution in [0.25, 0.3) is 0 Å². The van der Waals surface area contributed by atoms with E-state index in [1.807, 2.05) is 6.07 Å². The van der Waals surface area contributed by atoms with Crippen molar-refractivity contribution < 1.29 is 19.5 Å². The highest BCUT2D eigenvalue weighted by Crippen LogP contribution is 2.20. The van der Waals surface area contributed by atoms with E-state index < -0.39 is 30.4 Å².